The van der Waals surface area contributed by atoms with E-state index in [1.165, 1.54) is 16.3 Å². The van der Waals surface area contributed by atoms with Crippen molar-refractivity contribution >= 4 is 10.8 Å². The van der Waals surface area contributed by atoms with Gasteiger partial charge in [-0.05, 0) is 35.8 Å². The van der Waals surface area contributed by atoms with Gasteiger partial charge in [-0.15, -0.1) is 0 Å². The minimum atomic E-state index is 0.0936. The molecule has 2 aromatic rings. The van der Waals surface area contributed by atoms with Crippen molar-refractivity contribution in [2.45, 2.75) is 18.9 Å². The lowest BCUT2D eigenvalue weighted by Crippen LogP contribution is -2.06. The number of rotatable bonds is 2. The first-order valence-corrected chi connectivity index (χ1v) is 6.26. The standard InChI is InChI=1S/C16H16O2/c1-17-14-10-9-12-6-2-3-7-13(12)16(14)15-8-4-5-11-18-15/h2-3,5-7,9-11,15H,4,8H2,1H3. The first kappa shape index (κ1) is 11.1. The van der Waals surface area contributed by atoms with E-state index in [9.17, 15) is 0 Å². The second kappa shape index (κ2) is 4.73. The van der Waals surface area contributed by atoms with E-state index < -0.39 is 0 Å². The second-order valence-corrected chi connectivity index (χ2v) is 4.48. The molecule has 2 heteroatoms. The molecule has 2 nitrogen and oxygen atoms in total. The van der Waals surface area contributed by atoms with Gasteiger partial charge < -0.3 is 9.47 Å². The molecule has 1 aliphatic rings. The molecule has 0 N–H and O–H groups in total. The molecule has 0 bridgehead atoms. The molecule has 3 rings (SSSR count). The molecule has 0 aliphatic carbocycles. The summed E-state index contributed by atoms with van der Waals surface area (Å²) in [5.41, 5.74) is 1.17. The van der Waals surface area contributed by atoms with Crippen LogP contribution in [-0.4, -0.2) is 7.11 Å². The molecule has 0 aromatic heterocycles. The fourth-order valence-corrected chi connectivity index (χ4v) is 2.53. The van der Waals surface area contributed by atoms with Crippen LogP contribution >= 0.6 is 0 Å². The predicted molar refractivity (Wildman–Crippen MR) is 72.7 cm³/mol. The van der Waals surface area contributed by atoms with Gasteiger partial charge in [0.05, 0.1) is 13.4 Å². The summed E-state index contributed by atoms with van der Waals surface area (Å²) in [6, 6.07) is 12.5. The van der Waals surface area contributed by atoms with Gasteiger partial charge in [0, 0.05) is 5.56 Å². The average Bonchev–Trinajstić information content (AvgIpc) is 2.47. The number of fused-ring (bicyclic) bond motifs is 1. The molecule has 1 heterocycles. The van der Waals surface area contributed by atoms with Crippen LogP contribution in [0, 0.1) is 0 Å². The zero-order chi connectivity index (χ0) is 12.4. The summed E-state index contributed by atoms with van der Waals surface area (Å²) in [4.78, 5) is 0. The van der Waals surface area contributed by atoms with Gasteiger partial charge in [-0.2, -0.15) is 0 Å². The van der Waals surface area contributed by atoms with Gasteiger partial charge in [-0.25, -0.2) is 0 Å². The third-order valence-corrected chi connectivity index (χ3v) is 3.41. The zero-order valence-corrected chi connectivity index (χ0v) is 10.4. The van der Waals surface area contributed by atoms with Crippen LogP contribution in [-0.2, 0) is 4.74 Å². The van der Waals surface area contributed by atoms with Crippen molar-refractivity contribution in [3.8, 4) is 5.75 Å². The molecule has 1 aliphatic heterocycles. The van der Waals surface area contributed by atoms with Gasteiger partial charge in [-0.3, -0.25) is 0 Å². The van der Waals surface area contributed by atoms with E-state index in [0.717, 1.165) is 18.6 Å². The Morgan fingerprint density at radius 1 is 1.17 bits per heavy atom. The predicted octanol–water partition coefficient (Wildman–Crippen LogP) is 4.21. The van der Waals surface area contributed by atoms with Crippen molar-refractivity contribution in [1.82, 2.24) is 0 Å². The van der Waals surface area contributed by atoms with Gasteiger partial charge in [0.2, 0.25) is 0 Å². The SMILES string of the molecule is COc1ccc2ccccc2c1C1CCC=CO1. The summed E-state index contributed by atoms with van der Waals surface area (Å²) in [5, 5.41) is 2.45. The average molecular weight is 240 g/mol. The summed E-state index contributed by atoms with van der Waals surface area (Å²) in [7, 11) is 1.71. The molecular weight excluding hydrogens is 224 g/mol. The highest BCUT2D eigenvalue weighted by molar-refractivity contribution is 5.88. The number of methoxy groups -OCH3 is 1. The molecule has 18 heavy (non-hydrogen) atoms. The van der Waals surface area contributed by atoms with Gasteiger partial charge in [0.25, 0.3) is 0 Å². The summed E-state index contributed by atoms with van der Waals surface area (Å²) >= 11 is 0. The molecule has 0 saturated carbocycles. The molecule has 0 amide bonds. The highest BCUT2D eigenvalue weighted by Gasteiger charge is 2.20. The Balaban J connectivity index is 2.19. The maximum absolute atomic E-state index is 5.75. The first-order valence-electron chi connectivity index (χ1n) is 6.26. The molecular formula is C16H16O2. The lowest BCUT2D eigenvalue weighted by atomic mass is 9.96. The topological polar surface area (TPSA) is 18.5 Å². The molecule has 0 saturated heterocycles. The van der Waals surface area contributed by atoms with E-state index >= 15 is 0 Å². The highest BCUT2D eigenvalue weighted by atomic mass is 16.5. The highest BCUT2D eigenvalue weighted by Crippen LogP contribution is 2.38. The largest absolute Gasteiger partial charge is 0.496 e. The van der Waals surface area contributed by atoms with E-state index in [2.05, 4.69) is 36.4 Å². The number of hydrogen-bond acceptors (Lipinski definition) is 2. The van der Waals surface area contributed by atoms with Crippen molar-refractivity contribution in [2.75, 3.05) is 7.11 Å². The van der Waals surface area contributed by atoms with Crippen LogP contribution in [0.1, 0.15) is 24.5 Å². The molecule has 2 aromatic carbocycles. The lowest BCUT2D eigenvalue weighted by Gasteiger charge is -2.23. The number of ether oxygens (including phenoxy) is 2. The van der Waals surface area contributed by atoms with Gasteiger partial charge in [0.1, 0.15) is 11.9 Å². The Bertz CT molecular complexity index is 587. The fraction of sp³-hybridized carbons (Fsp3) is 0.250. The molecule has 1 atom stereocenters. The zero-order valence-electron chi connectivity index (χ0n) is 10.4. The Hall–Kier alpha value is -1.96. The summed E-state index contributed by atoms with van der Waals surface area (Å²) in [6.07, 6.45) is 6.01. The summed E-state index contributed by atoms with van der Waals surface area (Å²) in [5.74, 6) is 0.911. The maximum Gasteiger partial charge on any atom is 0.127 e. The van der Waals surface area contributed by atoms with E-state index in [4.69, 9.17) is 9.47 Å². The monoisotopic (exact) mass is 240 g/mol. The Kier molecular flexibility index (Phi) is 2.93. The third kappa shape index (κ3) is 1.84. The van der Waals surface area contributed by atoms with Gasteiger partial charge >= 0.3 is 0 Å². The quantitative estimate of drug-likeness (QED) is 0.782. The molecule has 1 unspecified atom stereocenters. The van der Waals surface area contributed by atoms with Crippen LogP contribution in [0.2, 0.25) is 0 Å². The number of benzene rings is 2. The lowest BCUT2D eigenvalue weighted by molar-refractivity contribution is 0.123. The molecule has 0 radical (unpaired) electrons. The third-order valence-electron chi connectivity index (χ3n) is 3.41. The van der Waals surface area contributed by atoms with Crippen LogP contribution in [0.15, 0.2) is 48.7 Å². The second-order valence-electron chi connectivity index (χ2n) is 4.48. The van der Waals surface area contributed by atoms with Crippen LogP contribution in [0.4, 0.5) is 0 Å². The van der Waals surface area contributed by atoms with E-state index in [-0.39, 0.29) is 6.10 Å². The Morgan fingerprint density at radius 3 is 2.83 bits per heavy atom. The van der Waals surface area contributed by atoms with Crippen molar-refractivity contribution in [3.63, 3.8) is 0 Å². The summed E-state index contributed by atoms with van der Waals surface area (Å²) in [6.45, 7) is 0. The molecule has 92 valence electrons. The normalized spacial score (nSPS) is 18.6. The minimum Gasteiger partial charge on any atom is -0.496 e. The molecule has 0 spiro atoms. The van der Waals surface area contributed by atoms with Gasteiger partial charge in [0.15, 0.2) is 0 Å². The van der Waals surface area contributed by atoms with Crippen molar-refractivity contribution in [2.24, 2.45) is 0 Å². The Labute approximate surface area is 107 Å². The van der Waals surface area contributed by atoms with Crippen LogP contribution in [0.25, 0.3) is 10.8 Å². The van der Waals surface area contributed by atoms with Crippen molar-refractivity contribution < 1.29 is 9.47 Å². The summed E-state index contributed by atoms with van der Waals surface area (Å²) < 4.78 is 11.3. The first-order chi connectivity index (χ1) is 8.90. The van der Waals surface area contributed by atoms with Gasteiger partial charge in [-0.1, -0.05) is 30.3 Å². The molecule has 0 fully saturated rings. The van der Waals surface area contributed by atoms with E-state index in [0.29, 0.717) is 0 Å². The van der Waals surface area contributed by atoms with Crippen LogP contribution in [0.5, 0.6) is 5.75 Å². The fourth-order valence-electron chi connectivity index (χ4n) is 2.53. The van der Waals surface area contributed by atoms with E-state index in [1.807, 2.05) is 6.07 Å². The smallest absolute Gasteiger partial charge is 0.127 e. The van der Waals surface area contributed by atoms with Crippen LogP contribution in [0.3, 0.4) is 0 Å². The van der Waals surface area contributed by atoms with E-state index in [1.54, 1.807) is 13.4 Å². The number of hydrogen-bond donors (Lipinski definition) is 0. The van der Waals surface area contributed by atoms with Crippen LogP contribution < -0.4 is 4.74 Å². The minimum absolute atomic E-state index is 0.0936. The van der Waals surface area contributed by atoms with Crippen molar-refractivity contribution in [1.29, 1.82) is 0 Å². The maximum atomic E-state index is 5.75. The Morgan fingerprint density at radius 2 is 2.06 bits per heavy atom. The number of allylic oxidation sites excluding steroid dienone is 1. The van der Waals surface area contributed by atoms with Crippen molar-refractivity contribution in [3.05, 3.63) is 54.3 Å².